The van der Waals surface area contributed by atoms with Gasteiger partial charge in [0, 0.05) is 6.54 Å². The molecule has 2 N–H and O–H groups in total. The van der Waals surface area contributed by atoms with E-state index in [2.05, 4.69) is 16.8 Å². The molecule has 0 amide bonds. The van der Waals surface area contributed by atoms with Gasteiger partial charge in [-0.3, -0.25) is 9.47 Å². The number of para-hydroxylation sites is 1. The minimum absolute atomic E-state index is 0.109. The first kappa shape index (κ1) is 11.3. The summed E-state index contributed by atoms with van der Waals surface area (Å²) in [6.45, 7) is 4.07. The van der Waals surface area contributed by atoms with Gasteiger partial charge in [-0.1, -0.05) is 13.0 Å². The van der Waals surface area contributed by atoms with Crippen LogP contribution in [0.1, 0.15) is 25.9 Å². The average molecular weight is 247 g/mol. The largest absolute Gasteiger partial charge is 0.506 e. The van der Waals surface area contributed by atoms with Gasteiger partial charge in [0.1, 0.15) is 11.3 Å². The van der Waals surface area contributed by atoms with Crippen LogP contribution in [0.25, 0.3) is 11.0 Å². The van der Waals surface area contributed by atoms with Crippen LogP contribution < -0.4 is 5.69 Å². The number of imidazole rings is 1. The van der Waals surface area contributed by atoms with Crippen LogP contribution in [-0.2, 0) is 0 Å². The molecule has 1 aliphatic rings. The number of hydrogen-bond acceptors (Lipinski definition) is 3. The van der Waals surface area contributed by atoms with Gasteiger partial charge >= 0.3 is 5.69 Å². The molecule has 1 aliphatic heterocycles. The van der Waals surface area contributed by atoms with Crippen LogP contribution in [-0.4, -0.2) is 32.6 Å². The van der Waals surface area contributed by atoms with Crippen molar-refractivity contribution in [2.75, 3.05) is 13.1 Å². The highest BCUT2D eigenvalue weighted by molar-refractivity contribution is 5.81. The Labute approximate surface area is 105 Å². The third-order valence-corrected chi connectivity index (χ3v) is 3.76. The summed E-state index contributed by atoms with van der Waals surface area (Å²) in [6.07, 6.45) is 2.20. The number of nitrogens with zero attached hydrogens (tertiary/aromatic N) is 2. The topological polar surface area (TPSA) is 61.3 Å². The monoisotopic (exact) mass is 247 g/mol. The number of likely N-dealkylation sites (tertiary alicyclic amines) is 1. The smallest absolute Gasteiger partial charge is 0.327 e. The Morgan fingerprint density at radius 1 is 1.50 bits per heavy atom. The first-order chi connectivity index (χ1) is 8.72. The fourth-order valence-corrected chi connectivity index (χ4v) is 2.90. The molecular formula is C13H17N3O2. The molecule has 0 aliphatic carbocycles. The van der Waals surface area contributed by atoms with Crippen LogP contribution in [0, 0.1) is 0 Å². The van der Waals surface area contributed by atoms with Crippen molar-refractivity contribution in [3.63, 3.8) is 0 Å². The maximum absolute atomic E-state index is 12.1. The first-order valence-electron chi connectivity index (χ1n) is 6.38. The van der Waals surface area contributed by atoms with Crippen molar-refractivity contribution in [2.24, 2.45) is 0 Å². The lowest BCUT2D eigenvalue weighted by atomic mass is 10.2. The maximum Gasteiger partial charge on any atom is 0.327 e. The van der Waals surface area contributed by atoms with Crippen LogP contribution in [0.2, 0.25) is 0 Å². The van der Waals surface area contributed by atoms with Gasteiger partial charge in [-0.05, 0) is 31.5 Å². The van der Waals surface area contributed by atoms with Crippen molar-refractivity contribution in [1.29, 1.82) is 0 Å². The van der Waals surface area contributed by atoms with Gasteiger partial charge in [0.25, 0.3) is 0 Å². The van der Waals surface area contributed by atoms with E-state index in [0.29, 0.717) is 5.52 Å². The van der Waals surface area contributed by atoms with E-state index in [4.69, 9.17) is 0 Å². The summed E-state index contributed by atoms with van der Waals surface area (Å²) in [4.78, 5) is 17.1. The molecule has 1 unspecified atom stereocenters. The summed E-state index contributed by atoms with van der Waals surface area (Å²) in [5.41, 5.74) is 1.17. The van der Waals surface area contributed by atoms with Crippen molar-refractivity contribution < 1.29 is 5.11 Å². The maximum atomic E-state index is 12.1. The number of benzene rings is 1. The molecule has 1 fully saturated rings. The second-order valence-corrected chi connectivity index (χ2v) is 4.72. The Balaban J connectivity index is 2.20. The van der Waals surface area contributed by atoms with Gasteiger partial charge in [0.05, 0.1) is 11.7 Å². The molecule has 0 spiro atoms. The summed E-state index contributed by atoms with van der Waals surface area (Å²) < 4.78 is 1.77. The van der Waals surface area contributed by atoms with Gasteiger partial charge in [-0.2, -0.15) is 0 Å². The zero-order valence-electron chi connectivity index (χ0n) is 10.4. The molecule has 1 aromatic carbocycles. The quantitative estimate of drug-likeness (QED) is 0.848. The van der Waals surface area contributed by atoms with Crippen molar-refractivity contribution in [2.45, 2.75) is 25.9 Å². The van der Waals surface area contributed by atoms with Crippen LogP contribution in [0.4, 0.5) is 0 Å². The molecule has 5 heteroatoms. The number of H-pyrrole nitrogens is 1. The number of rotatable bonds is 2. The zero-order chi connectivity index (χ0) is 12.7. The third-order valence-electron chi connectivity index (χ3n) is 3.76. The fraction of sp³-hybridized carbons (Fsp3) is 0.462. The highest BCUT2D eigenvalue weighted by Gasteiger charge is 2.27. The van der Waals surface area contributed by atoms with Gasteiger partial charge in [0.2, 0.25) is 0 Å². The summed E-state index contributed by atoms with van der Waals surface area (Å²) in [6, 6.07) is 5.24. The number of phenols is 1. The number of aromatic nitrogens is 2. The first-order valence-corrected chi connectivity index (χ1v) is 6.38. The number of aromatic hydroxyl groups is 1. The molecule has 5 nitrogen and oxygen atoms in total. The Hall–Kier alpha value is -1.75. The molecule has 96 valence electrons. The SMILES string of the molecule is CCN1CCCC1n1c(=O)[nH]c2c(O)cccc21. The van der Waals surface area contributed by atoms with Crippen molar-refractivity contribution in [3.05, 3.63) is 28.7 Å². The van der Waals surface area contributed by atoms with Crippen LogP contribution in [0.3, 0.4) is 0 Å². The predicted octanol–water partition coefficient (Wildman–Crippen LogP) is 1.65. The molecule has 18 heavy (non-hydrogen) atoms. The minimum Gasteiger partial charge on any atom is -0.506 e. The molecule has 2 heterocycles. The molecule has 0 bridgehead atoms. The van der Waals surface area contributed by atoms with Gasteiger partial charge in [-0.25, -0.2) is 4.79 Å². The van der Waals surface area contributed by atoms with Gasteiger partial charge in [-0.15, -0.1) is 0 Å². The van der Waals surface area contributed by atoms with E-state index in [0.717, 1.165) is 31.4 Å². The molecular weight excluding hydrogens is 230 g/mol. The van der Waals surface area contributed by atoms with E-state index >= 15 is 0 Å². The van der Waals surface area contributed by atoms with Crippen molar-refractivity contribution in [1.82, 2.24) is 14.5 Å². The molecule has 3 rings (SSSR count). The number of aromatic amines is 1. The van der Waals surface area contributed by atoms with Crippen LogP contribution in [0.5, 0.6) is 5.75 Å². The fourth-order valence-electron chi connectivity index (χ4n) is 2.90. The summed E-state index contributed by atoms with van der Waals surface area (Å²) in [7, 11) is 0. The Kier molecular flexibility index (Phi) is 2.63. The van der Waals surface area contributed by atoms with E-state index < -0.39 is 0 Å². The number of fused-ring (bicyclic) bond motifs is 1. The van der Waals surface area contributed by atoms with Crippen LogP contribution in [0.15, 0.2) is 23.0 Å². The van der Waals surface area contributed by atoms with Crippen LogP contribution >= 0.6 is 0 Å². The van der Waals surface area contributed by atoms with Crippen molar-refractivity contribution in [3.8, 4) is 5.75 Å². The number of nitrogens with one attached hydrogen (secondary N) is 1. The predicted molar refractivity (Wildman–Crippen MR) is 69.7 cm³/mol. The lowest BCUT2D eigenvalue weighted by Crippen LogP contribution is -2.32. The highest BCUT2D eigenvalue weighted by Crippen LogP contribution is 2.30. The molecule has 1 aromatic heterocycles. The lowest BCUT2D eigenvalue weighted by Gasteiger charge is -2.23. The highest BCUT2D eigenvalue weighted by atomic mass is 16.3. The van der Waals surface area contributed by atoms with Crippen molar-refractivity contribution >= 4 is 11.0 Å². The Bertz CT molecular complexity index is 629. The summed E-state index contributed by atoms with van der Waals surface area (Å²) >= 11 is 0. The van der Waals surface area contributed by atoms with E-state index in [1.807, 2.05) is 6.07 Å². The summed E-state index contributed by atoms with van der Waals surface area (Å²) in [5.74, 6) is 0.129. The molecule has 2 aromatic rings. The molecule has 1 saturated heterocycles. The molecule has 0 radical (unpaired) electrons. The standard InChI is InChI=1S/C13H17N3O2/c1-2-15-8-4-7-11(15)16-9-5-3-6-10(17)12(9)14-13(16)18/h3,5-6,11,17H,2,4,7-8H2,1H3,(H,14,18). The number of hydrogen-bond donors (Lipinski definition) is 2. The second-order valence-electron chi connectivity index (χ2n) is 4.72. The van der Waals surface area contributed by atoms with E-state index in [1.54, 1.807) is 16.7 Å². The Morgan fingerprint density at radius 2 is 2.33 bits per heavy atom. The molecule has 1 atom stereocenters. The summed E-state index contributed by atoms with van der Waals surface area (Å²) in [5, 5.41) is 9.78. The second kappa shape index (κ2) is 4.17. The minimum atomic E-state index is -0.142. The van der Waals surface area contributed by atoms with Gasteiger partial charge in [0.15, 0.2) is 0 Å². The van der Waals surface area contributed by atoms with E-state index in [-0.39, 0.29) is 17.6 Å². The van der Waals surface area contributed by atoms with Gasteiger partial charge < -0.3 is 10.1 Å². The zero-order valence-corrected chi connectivity index (χ0v) is 10.4. The lowest BCUT2D eigenvalue weighted by molar-refractivity contribution is 0.204. The van der Waals surface area contributed by atoms with E-state index in [9.17, 15) is 9.90 Å². The Morgan fingerprint density at radius 3 is 3.11 bits per heavy atom. The molecule has 0 saturated carbocycles. The number of phenolic OH excluding ortho intramolecular Hbond substituents is 1. The normalized spacial score (nSPS) is 20.8. The average Bonchev–Trinajstić information content (AvgIpc) is 2.93. The van der Waals surface area contributed by atoms with E-state index in [1.165, 1.54) is 0 Å². The third kappa shape index (κ3) is 1.54.